The van der Waals surface area contributed by atoms with Gasteiger partial charge >= 0.3 is 5.69 Å². The molecule has 5 nitrogen and oxygen atoms in total. The molecule has 1 fully saturated rings. The summed E-state index contributed by atoms with van der Waals surface area (Å²) in [5.41, 5.74) is 3.55. The molecular formula is C22H22ClN3O2. The molecule has 0 aliphatic carbocycles. The summed E-state index contributed by atoms with van der Waals surface area (Å²) in [7, 11) is 0. The number of nitrogens with one attached hydrogen (secondary N) is 1. The Morgan fingerprint density at radius 1 is 1.04 bits per heavy atom. The minimum absolute atomic E-state index is 0.0110. The van der Waals surface area contributed by atoms with E-state index in [1.807, 2.05) is 42.3 Å². The lowest BCUT2D eigenvalue weighted by molar-refractivity contribution is 0.0693. The van der Waals surface area contributed by atoms with Crippen molar-refractivity contribution in [1.82, 2.24) is 14.5 Å². The highest BCUT2D eigenvalue weighted by atomic mass is 35.5. The number of carbonyl (C=O) groups excluding carboxylic acids is 1. The van der Waals surface area contributed by atoms with Crippen molar-refractivity contribution < 1.29 is 4.79 Å². The molecule has 1 N–H and O–H groups in total. The average Bonchev–Trinajstić information content (AvgIpc) is 3.10. The predicted molar refractivity (Wildman–Crippen MR) is 111 cm³/mol. The fourth-order valence-electron chi connectivity index (χ4n) is 3.68. The van der Waals surface area contributed by atoms with Crippen LogP contribution in [0.4, 0.5) is 0 Å². The van der Waals surface area contributed by atoms with Gasteiger partial charge in [0.05, 0.1) is 5.69 Å². The SMILES string of the molecule is Cc1ccc(-c2cn(C3CCN(C(=O)c4ccc(Cl)cc4)CC3)c(=O)[nH]2)cc1. The molecule has 3 aromatic rings. The zero-order chi connectivity index (χ0) is 19.7. The number of aromatic nitrogens is 2. The van der Waals surface area contributed by atoms with E-state index in [-0.39, 0.29) is 17.6 Å². The topological polar surface area (TPSA) is 58.1 Å². The van der Waals surface area contributed by atoms with Crippen molar-refractivity contribution in [1.29, 1.82) is 0 Å². The van der Waals surface area contributed by atoms with Gasteiger partial charge in [-0.3, -0.25) is 9.36 Å². The van der Waals surface area contributed by atoms with Gasteiger partial charge in [-0.1, -0.05) is 41.4 Å². The van der Waals surface area contributed by atoms with Crippen LogP contribution in [0.3, 0.4) is 0 Å². The average molecular weight is 396 g/mol. The number of rotatable bonds is 3. The molecule has 1 saturated heterocycles. The smallest absolute Gasteiger partial charge is 0.326 e. The first kappa shape index (κ1) is 18.6. The molecule has 4 rings (SSSR count). The highest BCUT2D eigenvalue weighted by molar-refractivity contribution is 6.30. The summed E-state index contributed by atoms with van der Waals surface area (Å²) in [6.45, 7) is 3.30. The number of halogens is 1. The second-order valence-electron chi connectivity index (χ2n) is 7.28. The van der Waals surface area contributed by atoms with Gasteiger partial charge < -0.3 is 9.88 Å². The molecule has 0 atom stereocenters. The molecule has 0 unspecified atom stereocenters. The Bertz CT molecular complexity index is 1030. The van der Waals surface area contributed by atoms with Gasteiger partial charge in [0.25, 0.3) is 5.91 Å². The molecule has 1 amide bonds. The van der Waals surface area contributed by atoms with Crippen LogP contribution in [0.25, 0.3) is 11.3 Å². The zero-order valence-electron chi connectivity index (χ0n) is 15.7. The summed E-state index contributed by atoms with van der Waals surface area (Å²) in [6, 6.07) is 15.1. The number of amides is 1. The van der Waals surface area contributed by atoms with Gasteiger partial charge in [0.1, 0.15) is 0 Å². The molecule has 2 aromatic carbocycles. The molecule has 0 radical (unpaired) electrons. The third kappa shape index (κ3) is 3.76. The number of H-pyrrole nitrogens is 1. The normalized spacial score (nSPS) is 15.0. The number of carbonyl (C=O) groups is 1. The molecule has 28 heavy (non-hydrogen) atoms. The minimum atomic E-state index is -0.0990. The molecule has 0 saturated carbocycles. The lowest BCUT2D eigenvalue weighted by atomic mass is 10.0. The molecule has 1 aliphatic rings. The monoisotopic (exact) mass is 395 g/mol. The molecule has 6 heteroatoms. The van der Waals surface area contributed by atoms with Gasteiger partial charge in [-0.05, 0) is 49.6 Å². The fraction of sp³-hybridized carbons (Fsp3) is 0.273. The van der Waals surface area contributed by atoms with Crippen LogP contribution < -0.4 is 5.69 Å². The van der Waals surface area contributed by atoms with Crippen LogP contribution in [0.5, 0.6) is 0 Å². The maximum Gasteiger partial charge on any atom is 0.326 e. The Morgan fingerprint density at radius 3 is 2.32 bits per heavy atom. The van der Waals surface area contributed by atoms with E-state index in [1.54, 1.807) is 28.8 Å². The number of piperidine rings is 1. The maximum absolute atomic E-state index is 12.6. The predicted octanol–water partition coefficient (Wildman–Crippen LogP) is 4.28. The molecular weight excluding hydrogens is 374 g/mol. The quantitative estimate of drug-likeness (QED) is 0.719. The van der Waals surface area contributed by atoms with Crippen molar-refractivity contribution in [2.45, 2.75) is 25.8 Å². The van der Waals surface area contributed by atoms with Crippen LogP contribution in [0.2, 0.25) is 5.02 Å². The number of hydrogen-bond acceptors (Lipinski definition) is 2. The second kappa shape index (κ2) is 7.68. The van der Waals surface area contributed by atoms with E-state index < -0.39 is 0 Å². The van der Waals surface area contributed by atoms with Crippen molar-refractivity contribution in [3.05, 3.63) is 81.4 Å². The van der Waals surface area contributed by atoms with E-state index >= 15 is 0 Å². The number of benzene rings is 2. The fourth-order valence-corrected chi connectivity index (χ4v) is 3.81. The Hall–Kier alpha value is -2.79. The van der Waals surface area contributed by atoms with Crippen molar-refractivity contribution in [3.63, 3.8) is 0 Å². The van der Waals surface area contributed by atoms with Crippen LogP contribution in [-0.2, 0) is 0 Å². The zero-order valence-corrected chi connectivity index (χ0v) is 16.4. The third-order valence-electron chi connectivity index (χ3n) is 5.34. The number of aryl methyl sites for hydroxylation is 1. The number of nitrogens with zero attached hydrogens (tertiary/aromatic N) is 2. The molecule has 144 valence electrons. The van der Waals surface area contributed by atoms with Crippen LogP contribution >= 0.6 is 11.6 Å². The van der Waals surface area contributed by atoms with E-state index in [0.717, 1.165) is 24.1 Å². The van der Waals surface area contributed by atoms with E-state index in [1.165, 1.54) is 5.56 Å². The van der Waals surface area contributed by atoms with E-state index in [2.05, 4.69) is 4.98 Å². The summed E-state index contributed by atoms with van der Waals surface area (Å²) in [6.07, 6.45) is 3.41. The first-order chi connectivity index (χ1) is 13.5. The van der Waals surface area contributed by atoms with E-state index in [0.29, 0.717) is 23.7 Å². The summed E-state index contributed by atoms with van der Waals surface area (Å²) >= 11 is 5.90. The summed E-state index contributed by atoms with van der Waals surface area (Å²) in [5, 5.41) is 0.617. The minimum Gasteiger partial charge on any atom is -0.338 e. The van der Waals surface area contributed by atoms with Gasteiger partial charge in [-0.2, -0.15) is 0 Å². The van der Waals surface area contributed by atoms with Gasteiger partial charge in [0.15, 0.2) is 0 Å². The Labute approximate surface area is 168 Å². The molecule has 0 bridgehead atoms. The van der Waals surface area contributed by atoms with Crippen molar-refractivity contribution in [2.24, 2.45) is 0 Å². The van der Waals surface area contributed by atoms with Crippen molar-refractivity contribution >= 4 is 17.5 Å². The number of imidazole rings is 1. The largest absolute Gasteiger partial charge is 0.338 e. The standard InChI is InChI=1S/C22H22ClN3O2/c1-15-2-4-16(5-3-15)20-14-26(22(28)24-20)19-10-12-25(13-11-19)21(27)17-6-8-18(23)9-7-17/h2-9,14,19H,10-13H2,1H3,(H,24,28). The number of likely N-dealkylation sites (tertiary alicyclic amines) is 1. The Kier molecular flexibility index (Phi) is 5.09. The number of aromatic amines is 1. The van der Waals surface area contributed by atoms with Crippen LogP contribution in [-0.4, -0.2) is 33.4 Å². The van der Waals surface area contributed by atoms with Gasteiger partial charge in [0.2, 0.25) is 0 Å². The molecule has 0 spiro atoms. The van der Waals surface area contributed by atoms with Gasteiger partial charge in [-0.15, -0.1) is 0 Å². The van der Waals surface area contributed by atoms with Crippen LogP contribution in [0, 0.1) is 6.92 Å². The van der Waals surface area contributed by atoms with E-state index in [4.69, 9.17) is 11.6 Å². The van der Waals surface area contributed by atoms with Gasteiger partial charge in [0, 0.05) is 35.9 Å². The summed E-state index contributed by atoms with van der Waals surface area (Å²) in [5.74, 6) is 0.0110. The first-order valence-electron chi connectivity index (χ1n) is 9.44. The molecule has 1 aromatic heterocycles. The third-order valence-corrected chi connectivity index (χ3v) is 5.60. The van der Waals surface area contributed by atoms with Crippen molar-refractivity contribution in [3.8, 4) is 11.3 Å². The summed E-state index contributed by atoms with van der Waals surface area (Å²) in [4.78, 5) is 29.9. The first-order valence-corrected chi connectivity index (χ1v) is 9.82. The highest BCUT2D eigenvalue weighted by Gasteiger charge is 2.25. The van der Waals surface area contributed by atoms with Crippen molar-refractivity contribution in [2.75, 3.05) is 13.1 Å². The maximum atomic E-state index is 12.6. The lowest BCUT2D eigenvalue weighted by Gasteiger charge is -2.32. The van der Waals surface area contributed by atoms with Crippen LogP contribution in [0.1, 0.15) is 34.8 Å². The number of hydrogen-bond donors (Lipinski definition) is 1. The lowest BCUT2D eigenvalue weighted by Crippen LogP contribution is -2.40. The second-order valence-corrected chi connectivity index (χ2v) is 7.71. The Balaban J connectivity index is 1.45. The van der Waals surface area contributed by atoms with Gasteiger partial charge in [-0.25, -0.2) is 4.79 Å². The molecule has 1 aliphatic heterocycles. The van der Waals surface area contributed by atoms with Crippen LogP contribution in [0.15, 0.2) is 59.5 Å². The highest BCUT2D eigenvalue weighted by Crippen LogP contribution is 2.25. The van der Waals surface area contributed by atoms with E-state index in [9.17, 15) is 9.59 Å². The summed E-state index contributed by atoms with van der Waals surface area (Å²) < 4.78 is 1.78. The molecule has 2 heterocycles. The Morgan fingerprint density at radius 2 is 1.68 bits per heavy atom.